The fourth-order valence-corrected chi connectivity index (χ4v) is 3.96. The Kier molecular flexibility index (Phi) is 4.63. The fraction of sp³-hybridized carbons (Fsp3) is 0.526. The predicted molar refractivity (Wildman–Crippen MR) is 97.8 cm³/mol. The normalized spacial score (nSPS) is 20.7. The number of aromatic nitrogens is 2. The number of rotatable bonds is 3. The van der Waals surface area contributed by atoms with E-state index in [2.05, 4.69) is 10.3 Å². The Labute approximate surface area is 153 Å². The van der Waals surface area contributed by atoms with Crippen molar-refractivity contribution < 1.29 is 9.59 Å². The number of piperazine rings is 1. The van der Waals surface area contributed by atoms with Gasteiger partial charge in [-0.15, -0.1) is 0 Å². The largest absolute Gasteiger partial charge is 0.341 e. The topological polar surface area (TPSA) is 70.0 Å². The molecule has 7 heteroatoms. The van der Waals surface area contributed by atoms with Gasteiger partial charge in [0.25, 0.3) is 0 Å². The Morgan fingerprint density at radius 3 is 2.88 bits per heavy atom. The van der Waals surface area contributed by atoms with Crippen molar-refractivity contribution in [2.75, 3.05) is 32.7 Å². The van der Waals surface area contributed by atoms with E-state index in [9.17, 15) is 9.59 Å². The Balaban J connectivity index is 1.53. The number of nitrogens with one attached hydrogen (secondary N) is 1. The molecule has 26 heavy (non-hydrogen) atoms. The molecule has 0 aromatic carbocycles. The second kappa shape index (κ2) is 7.07. The zero-order valence-electron chi connectivity index (χ0n) is 15.1. The predicted octanol–water partition coefficient (Wildman–Crippen LogP) is 0.608. The number of hydrogen-bond donors (Lipinski definition) is 1. The van der Waals surface area contributed by atoms with Gasteiger partial charge >= 0.3 is 0 Å². The van der Waals surface area contributed by atoms with E-state index >= 15 is 0 Å². The molecule has 0 spiro atoms. The maximum absolute atomic E-state index is 13.0. The van der Waals surface area contributed by atoms with E-state index in [1.165, 1.54) is 0 Å². The standard InChI is InChI=1S/C19H25N5O2/c1-14-5-4-9-23-15(12-21-18(14)23)11-17(25)24-10-6-20-13-16(24)19(26)22-7-2-3-8-22/h4-5,9,12,16,20H,2-3,6-8,10-11,13H2,1H3/t16-/m0/s1. The van der Waals surface area contributed by atoms with Crippen LogP contribution in [0.3, 0.4) is 0 Å². The molecule has 4 rings (SSSR count). The van der Waals surface area contributed by atoms with Crippen molar-refractivity contribution in [3.63, 3.8) is 0 Å². The molecule has 0 saturated carbocycles. The lowest BCUT2D eigenvalue weighted by atomic mass is 10.1. The van der Waals surface area contributed by atoms with E-state index in [0.717, 1.165) is 49.4 Å². The van der Waals surface area contributed by atoms with Crippen LogP contribution in [-0.4, -0.2) is 69.8 Å². The second-order valence-electron chi connectivity index (χ2n) is 7.15. The maximum Gasteiger partial charge on any atom is 0.246 e. The van der Waals surface area contributed by atoms with Crippen LogP contribution >= 0.6 is 0 Å². The summed E-state index contributed by atoms with van der Waals surface area (Å²) in [5.41, 5.74) is 2.82. The number of carbonyl (C=O) groups excluding carboxylic acids is 2. The lowest BCUT2D eigenvalue weighted by Gasteiger charge is -2.37. The number of nitrogens with zero attached hydrogens (tertiary/aromatic N) is 4. The van der Waals surface area contributed by atoms with Gasteiger partial charge in [-0.3, -0.25) is 9.59 Å². The van der Waals surface area contributed by atoms with E-state index in [-0.39, 0.29) is 18.2 Å². The summed E-state index contributed by atoms with van der Waals surface area (Å²) in [5, 5.41) is 3.26. The number of amides is 2. The van der Waals surface area contributed by atoms with Gasteiger partial charge in [0.1, 0.15) is 11.7 Å². The molecule has 1 atom stereocenters. The van der Waals surface area contributed by atoms with E-state index in [4.69, 9.17) is 0 Å². The van der Waals surface area contributed by atoms with Gasteiger partial charge in [0.05, 0.1) is 12.1 Å². The lowest BCUT2D eigenvalue weighted by Crippen LogP contribution is -2.60. The molecule has 4 heterocycles. The van der Waals surface area contributed by atoms with Crippen LogP contribution in [0.2, 0.25) is 0 Å². The van der Waals surface area contributed by atoms with Gasteiger partial charge in [-0.1, -0.05) is 6.07 Å². The number of imidazole rings is 1. The molecule has 0 bridgehead atoms. The average molecular weight is 355 g/mol. The van der Waals surface area contributed by atoms with Gasteiger partial charge in [-0.2, -0.15) is 0 Å². The van der Waals surface area contributed by atoms with Crippen molar-refractivity contribution in [2.24, 2.45) is 0 Å². The van der Waals surface area contributed by atoms with Crippen LogP contribution in [-0.2, 0) is 16.0 Å². The summed E-state index contributed by atoms with van der Waals surface area (Å²) in [5.74, 6) is 0.0735. The van der Waals surface area contributed by atoms with Gasteiger partial charge in [-0.25, -0.2) is 4.98 Å². The molecule has 2 fully saturated rings. The molecule has 2 aliphatic rings. The molecular weight excluding hydrogens is 330 g/mol. The van der Waals surface area contributed by atoms with E-state index < -0.39 is 6.04 Å². The van der Waals surface area contributed by atoms with Gasteiger partial charge in [0, 0.05) is 45.1 Å². The van der Waals surface area contributed by atoms with Crippen LogP contribution in [0.15, 0.2) is 24.5 Å². The highest BCUT2D eigenvalue weighted by Crippen LogP contribution is 2.16. The number of pyridine rings is 1. The summed E-state index contributed by atoms with van der Waals surface area (Å²) >= 11 is 0. The van der Waals surface area contributed by atoms with Crippen LogP contribution in [0.5, 0.6) is 0 Å². The zero-order valence-corrected chi connectivity index (χ0v) is 15.1. The van der Waals surface area contributed by atoms with Crippen molar-refractivity contribution in [3.05, 3.63) is 35.8 Å². The molecule has 0 unspecified atom stereocenters. The van der Waals surface area contributed by atoms with E-state index in [1.54, 1.807) is 11.1 Å². The monoisotopic (exact) mass is 355 g/mol. The summed E-state index contributed by atoms with van der Waals surface area (Å²) in [6, 6.07) is 3.58. The van der Waals surface area contributed by atoms with Gasteiger partial charge in [0.15, 0.2) is 0 Å². The third-order valence-electron chi connectivity index (χ3n) is 5.41. The highest BCUT2D eigenvalue weighted by atomic mass is 16.2. The highest BCUT2D eigenvalue weighted by Gasteiger charge is 2.35. The lowest BCUT2D eigenvalue weighted by molar-refractivity contribution is -0.146. The van der Waals surface area contributed by atoms with Crippen LogP contribution in [0.25, 0.3) is 5.65 Å². The van der Waals surface area contributed by atoms with Crippen LogP contribution in [0.4, 0.5) is 0 Å². The first kappa shape index (κ1) is 17.0. The Morgan fingerprint density at radius 2 is 2.08 bits per heavy atom. The molecular formula is C19H25N5O2. The first-order valence-electron chi connectivity index (χ1n) is 9.35. The SMILES string of the molecule is Cc1cccn2c(CC(=O)N3CCNC[C@H]3C(=O)N3CCCC3)cnc12. The second-order valence-corrected chi connectivity index (χ2v) is 7.15. The third kappa shape index (κ3) is 3.07. The number of likely N-dealkylation sites (tertiary alicyclic amines) is 1. The maximum atomic E-state index is 13.0. The molecule has 0 radical (unpaired) electrons. The number of fused-ring (bicyclic) bond motifs is 1. The number of carbonyl (C=O) groups is 2. The Morgan fingerprint density at radius 1 is 1.27 bits per heavy atom. The first-order valence-corrected chi connectivity index (χ1v) is 9.35. The average Bonchev–Trinajstić information content (AvgIpc) is 3.32. The molecule has 138 valence electrons. The molecule has 2 aromatic rings. The summed E-state index contributed by atoms with van der Waals surface area (Å²) in [6.07, 6.45) is 6.07. The summed E-state index contributed by atoms with van der Waals surface area (Å²) in [6.45, 7) is 5.46. The Bertz CT molecular complexity index is 824. The number of hydrogen-bond acceptors (Lipinski definition) is 4. The third-order valence-corrected chi connectivity index (χ3v) is 5.41. The minimum atomic E-state index is -0.393. The minimum absolute atomic E-state index is 0.00708. The molecule has 2 aromatic heterocycles. The molecule has 0 aliphatic carbocycles. The molecule has 2 amide bonds. The van der Waals surface area contributed by atoms with Crippen LogP contribution < -0.4 is 5.32 Å². The van der Waals surface area contributed by atoms with Crippen molar-refractivity contribution in [2.45, 2.75) is 32.2 Å². The molecule has 2 aliphatic heterocycles. The fourth-order valence-electron chi connectivity index (χ4n) is 3.96. The van der Waals surface area contributed by atoms with Crippen LogP contribution in [0, 0.1) is 6.92 Å². The van der Waals surface area contributed by atoms with Crippen molar-refractivity contribution in [1.82, 2.24) is 24.5 Å². The number of aryl methyl sites for hydroxylation is 1. The first-order chi connectivity index (χ1) is 12.6. The van der Waals surface area contributed by atoms with Gasteiger partial charge in [-0.05, 0) is 31.4 Å². The summed E-state index contributed by atoms with van der Waals surface area (Å²) in [4.78, 5) is 34.0. The van der Waals surface area contributed by atoms with E-state index in [1.807, 2.05) is 34.6 Å². The van der Waals surface area contributed by atoms with Gasteiger partial charge in [0.2, 0.25) is 11.8 Å². The summed E-state index contributed by atoms with van der Waals surface area (Å²) in [7, 11) is 0. The molecule has 2 saturated heterocycles. The zero-order chi connectivity index (χ0) is 18.1. The van der Waals surface area contributed by atoms with Gasteiger partial charge < -0.3 is 19.5 Å². The van der Waals surface area contributed by atoms with Crippen molar-refractivity contribution >= 4 is 17.5 Å². The molecule has 7 nitrogen and oxygen atoms in total. The van der Waals surface area contributed by atoms with Crippen LogP contribution in [0.1, 0.15) is 24.1 Å². The van der Waals surface area contributed by atoms with E-state index in [0.29, 0.717) is 13.1 Å². The summed E-state index contributed by atoms with van der Waals surface area (Å²) < 4.78 is 1.97. The quantitative estimate of drug-likeness (QED) is 0.876. The minimum Gasteiger partial charge on any atom is -0.341 e. The molecule has 1 N–H and O–H groups in total. The Hall–Kier alpha value is -2.41. The van der Waals surface area contributed by atoms with Crippen molar-refractivity contribution in [1.29, 1.82) is 0 Å². The highest BCUT2D eigenvalue weighted by molar-refractivity contribution is 5.89. The van der Waals surface area contributed by atoms with Crippen molar-refractivity contribution in [3.8, 4) is 0 Å². The smallest absolute Gasteiger partial charge is 0.246 e.